The van der Waals surface area contributed by atoms with Gasteiger partial charge in [0.2, 0.25) is 0 Å². The molecule has 0 bridgehead atoms. The maximum absolute atomic E-state index is 12.9. The number of ether oxygens (including phenoxy) is 2. The van der Waals surface area contributed by atoms with Crippen molar-refractivity contribution in [2.75, 3.05) is 20.0 Å². The van der Waals surface area contributed by atoms with E-state index < -0.39 is 0 Å². The van der Waals surface area contributed by atoms with E-state index in [-0.39, 0.29) is 17.0 Å². The average Bonchev–Trinajstić information content (AvgIpc) is 2.41. The molecule has 0 saturated heterocycles. The van der Waals surface area contributed by atoms with Gasteiger partial charge in [-0.3, -0.25) is 0 Å². The third-order valence-electron chi connectivity index (χ3n) is 4.09. The number of nitrogen functional groups attached to an aromatic ring is 1. The number of nitrogens with two attached hydrogens (primary N) is 1. The van der Waals surface area contributed by atoms with Crippen molar-refractivity contribution in [3.8, 4) is 0 Å². The Balaban J connectivity index is 0.000000361. The topological polar surface area (TPSA) is 44.5 Å². The van der Waals surface area contributed by atoms with Crippen LogP contribution in [0.25, 0.3) is 0 Å². The molecule has 0 amide bonds. The molecule has 0 spiro atoms. The zero-order valence-corrected chi connectivity index (χ0v) is 13.9. The summed E-state index contributed by atoms with van der Waals surface area (Å²) in [5, 5.41) is 0. The minimum atomic E-state index is -0.234. The van der Waals surface area contributed by atoms with E-state index in [0.29, 0.717) is 16.8 Å². The number of benzene rings is 1. The number of methoxy groups -OCH3 is 2. The van der Waals surface area contributed by atoms with Crippen LogP contribution in [-0.4, -0.2) is 25.4 Å². The van der Waals surface area contributed by atoms with Crippen molar-refractivity contribution >= 4 is 5.69 Å². The minimum Gasteiger partial charge on any atom is -0.398 e. The zero-order chi connectivity index (χ0) is 16.1. The first-order chi connectivity index (χ1) is 9.00. The van der Waals surface area contributed by atoms with Crippen LogP contribution in [0.5, 0.6) is 0 Å². The van der Waals surface area contributed by atoms with Crippen molar-refractivity contribution in [2.24, 2.45) is 0 Å². The van der Waals surface area contributed by atoms with Crippen LogP contribution >= 0.6 is 0 Å². The molecule has 4 heteroatoms. The highest BCUT2D eigenvalue weighted by Crippen LogP contribution is 2.27. The van der Waals surface area contributed by atoms with Crippen molar-refractivity contribution in [1.29, 1.82) is 0 Å². The molecular weight excluding hydrogens is 257 g/mol. The molecule has 0 saturated carbocycles. The first kappa shape index (κ1) is 18.9. The lowest BCUT2D eigenvalue weighted by Gasteiger charge is -2.38. The first-order valence-electron chi connectivity index (χ1n) is 6.61. The Morgan fingerprint density at radius 1 is 0.950 bits per heavy atom. The van der Waals surface area contributed by atoms with Gasteiger partial charge in [-0.15, -0.1) is 0 Å². The summed E-state index contributed by atoms with van der Waals surface area (Å²) in [6.45, 7) is 11.4. The van der Waals surface area contributed by atoms with Crippen LogP contribution in [0.1, 0.15) is 38.8 Å². The molecule has 1 aromatic rings. The highest BCUT2D eigenvalue weighted by Gasteiger charge is 2.36. The lowest BCUT2D eigenvalue weighted by molar-refractivity contribution is -0.147. The molecule has 2 N–H and O–H groups in total. The van der Waals surface area contributed by atoms with Crippen molar-refractivity contribution in [3.63, 3.8) is 0 Å². The summed E-state index contributed by atoms with van der Waals surface area (Å²) in [4.78, 5) is 0. The van der Waals surface area contributed by atoms with Crippen LogP contribution in [0.3, 0.4) is 0 Å². The van der Waals surface area contributed by atoms with Crippen molar-refractivity contribution in [3.05, 3.63) is 29.1 Å². The van der Waals surface area contributed by atoms with Crippen molar-refractivity contribution in [1.82, 2.24) is 0 Å². The average molecular weight is 285 g/mol. The van der Waals surface area contributed by atoms with Crippen LogP contribution in [0.2, 0.25) is 0 Å². The zero-order valence-electron chi connectivity index (χ0n) is 13.9. The second-order valence-corrected chi connectivity index (χ2v) is 5.84. The van der Waals surface area contributed by atoms with Gasteiger partial charge in [0.15, 0.2) is 0 Å². The summed E-state index contributed by atoms with van der Waals surface area (Å²) in [5.41, 5.74) is 6.68. The van der Waals surface area contributed by atoms with E-state index in [9.17, 15) is 4.39 Å². The monoisotopic (exact) mass is 285 g/mol. The Morgan fingerprint density at radius 2 is 1.35 bits per heavy atom. The molecule has 0 aliphatic carbocycles. The molecule has 0 aromatic heterocycles. The first-order valence-corrected chi connectivity index (χ1v) is 6.61. The third kappa shape index (κ3) is 4.46. The number of hydrogen-bond donors (Lipinski definition) is 1. The van der Waals surface area contributed by atoms with Gasteiger partial charge < -0.3 is 15.2 Å². The summed E-state index contributed by atoms with van der Waals surface area (Å²) in [5.74, 6) is -0.194. The predicted molar refractivity (Wildman–Crippen MR) is 82.5 cm³/mol. The van der Waals surface area contributed by atoms with Gasteiger partial charge in [0, 0.05) is 25.5 Å². The Kier molecular flexibility index (Phi) is 6.65. The number of rotatable bonds is 3. The fraction of sp³-hybridized carbons (Fsp3) is 0.625. The summed E-state index contributed by atoms with van der Waals surface area (Å²) in [7, 11) is 3.39. The maximum Gasteiger partial charge on any atom is 0.131 e. The standard InChI is InChI=1S/C8H10FN.C8H18O2/c1-5-3-4-7(10)6(2)8(5)9;1-7(2,9-5)8(3,4)10-6/h3-4H,10H2,1-2H3;1-6H3. The van der Waals surface area contributed by atoms with Crippen LogP contribution in [-0.2, 0) is 9.47 Å². The quantitative estimate of drug-likeness (QED) is 0.858. The third-order valence-corrected chi connectivity index (χ3v) is 4.09. The van der Waals surface area contributed by atoms with Crippen LogP contribution < -0.4 is 5.73 Å². The van der Waals surface area contributed by atoms with E-state index >= 15 is 0 Å². The Bertz CT molecular complexity index is 401. The molecular formula is C16H28FNO2. The number of aryl methyl sites for hydroxylation is 1. The molecule has 3 nitrogen and oxygen atoms in total. The van der Waals surface area contributed by atoms with Crippen LogP contribution in [0, 0.1) is 19.7 Å². The smallest absolute Gasteiger partial charge is 0.131 e. The fourth-order valence-corrected chi connectivity index (χ4v) is 1.33. The van der Waals surface area contributed by atoms with Crippen molar-refractivity contribution < 1.29 is 13.9 Å². The summed E-state index contributed by atoms with van der Waals surface area (Å²) >= 11 is 0. The molecule has 1 rings (SSSR count). The van der Waals surface area contributed by atoms with Gasteiger partial charge in [0.05, 0.1) is 11.2 Å². The largest absolute Gasteiger partial charge is 0.398 e. The normalized spacial score (nSPS) is 11.8. The highest BCUT2D eigenvalue weighted by atomic mass is 19.1. The SMILES string of the molecule is COC(C)(C)C(C)(C)OC.Cc1ccc(N)c(C)c1F. The molecule has 0 unspecified atom stereocenters. The second kappa shape index (κ2) is 7.04. The Labute approximate surface area is 122 Å². The Hall–Kier alpha value is -1.13. The number of anilines is 1. The van der Waals surface area contributed by atoms with E-state index in [1.165, 1.54) is 0 Å². The number of hydrogen-bond acceptors (Lipinski definition) is 3. The van der Waals surface area contributed by atoms with Gasteiger partial charge in [0.1, 0.15) is 5.82 Å². The van der Waals surface area contributed by atoms with Gasteiger partial charge >= 0.3 is 0 Å². The van der Waals surface area contributed by atoms with Crippen molar-refractivity contribution in [2.45, 2.75) is 52.7 Å². The van der Waals surface area contributed by atoms with Gasteiger partial charge in [-0.2, -0.15) is 0 Å². The lowest BCUT2D eigenvalue weighted by Crippen LogP contribution is -2.48. The second-order valence-electron chi connectivity index (χ2n) is 5.84. The van der Waals surface area contributed by atoms with E-state index in [0.717, 1.165) is 0 Å². The van der Waals surface area contributed by atoms with Gasteiger partial charge in [-0.25, -0.2) is 4.39 Å². The molecule has 0 heterocycles. The summed E-state index contributed by atoms with van der Waals surface area (Å²) < 4.78 is 23.4. The molecule has 0 aliphatic heterocycles. The highest BCUT2D eigenvalue weighted by molar-refractivity contribution is 5.48. The maximum atomic E-state index is 12.9. The molecule has 20 heavy (non-hydrogen) atoms. The molecule has 0 radical (unpaired) electrons. The van der Waals surface area contributed by atoms with E-state index in [1.54, 1.807) is 40.2 Å². The molecule has 0 aliphatic rings. The van der Waals surface area contributed by atoms with E-state index in [1.807, 2.05) is 27.7 Å². The van der Waals surface area contributed by atoms with Gasteiger partial charge in [-0.1, -0.05) is 6.07 Å². The minimum absolute atomic E-state index is 0.194. The summed E-state index contributed by atoms with van der Waals surface area (Å²) in [6, 6.07) is 3.39. The molecule has 0 fully saturated rings. The van der Waals surface area contributed by atoms with E-state index in [4.69, 9.17) is 15.2 Å². The Morgan fingerprint density at radius 3 is 1.65 bits per heavy atom. The predicted octanol–water partition coefficient (Wildman–Crippen LogP) is 3.86. The molecule has 0 atom stereocenters. The van der Waals surface area contributed by atoms with Gasteiger partial charge in [0.25, 0.3) is 0 Å². The van der Waals surface area contributed by atoms with Crippen LogP contribution in [0.4, 0.5) is 10.1 Å². The fourth-order valence-electron chi connectivity index (χ4n) is 1.33. The lowest BCUT2D eigenvalue weighted by atomic mass is 9.89. The number of halogens is 1. The summed E-state index contributed by atoms with van der Waals surface area (Å²) in [6.07, 6.45) is 0. The molecule has 116 valence electrons. The molecule has 1 aromatic carbocycles. The van der Waals surface area contributed by atoms with E-state index in [2.05, 4.69) is 0 Å². The van der Waals surface area contributed by atoms with Crippen LogP contribution in [0.15, 0.2) is 12.1 Å². The van der Waals surface area contributed by atoms with Gasteiger partial charge in [-0.05, 0) is 53.2 Å².